The molecule has 0 radical (unpaired) electrons. The van der Waals surface area contributed by atoms with Crippen LogP contribution in [-0.4, -0.2) is 52.8 Å². The highest BCUT2D eigenvalue weighted by Crippen LogP contribution is 2.26. The van der Waals surface area contributed by atoms with E-state index in [1.807, 2.05) is 12.1 Å². The minimum Gasteiger partial charge on any atom is -0.474 e. The average molecular weight is 488 g/mol. The summed E-state index contributed by atoms with van der Waals surface area (Å²) < 4.78 is 6.09. The van der Waals surface area contributed by atoms with Crippen LogP contribution in [0.4, 0.5) is 0 Å². The first-order valence-corrected chi connectivity index (χ1v) is 9.97. The molecule has 1 saturated carbocycles. The summed E-state index contributed by atoms with van der Waals surface area (Å²) in [6.07, 6.45) is 7.36. The Labute approximate surface area is 179 Å². The maximum absolute atomic E-state index is 9.76. The third kappa shape index (κ3) is 6.78. The first-order valence-electron chi connectivity index (χ1n) is 9.97. The number of likely N-dealkylation sites (tertiary alicyclic amines) is 1. The number of nitrogens with one attached hydrogen (secondary N) is 1. The van der Waals surface area contributed by atoms with Gasteiger partial charge in [-0.25, -0.2) is 9.98 Å². The smallest absolute Gasteiger partial charge is 0.213 e. The first-order chi connectivity index (χ1) is 12.6. The third-order valence-electron chi connectivity index (χ3n) is 5.26. The van der Waals surface area contributed by atoms with E-state index >= 15 is 0 Å². The van der Waals surface area contributed by atoms with Crippen LogP contribution in [0.25, 0.3) is 0 Å². The largest absolute Gasteiger partial charge is 0.474 e. The highest BCUT2D eigenvalue weighted by Gasteiger charge is 2.23. The number of rotatable bonds is 5. The molecule has 2 N–H and O–H groups in total. The van der Waals surface area contributed by atoms with Crippen LogP contribution in [0.5, 0.6) is 5.88 Å². The summed E-state index contributed by atoms with van der Waals surface area (Å²) in [4.78, 5) is 11.2. The molecule has 2 aliphatic rings. The van der Waals surface area contributed by atoms with Crippen molar-refractivity contribution in [1.29, 1.82) is 0 Å². The molecule has 152 valence electrons. The lowest BCUT2D eigenvalue weighted by Crippen LogP contribution is -2.40. The number of aromatic nitrogens is 1. The van der Waals surface area contributed by atoms with Crippen LogP contribution in [0.15, 0.2) is 23.3 Å². The van der Waals surface area contributed by atoms with Crippen molar-refractivity contribution in [3.05, 3.63) is 23.9 Å². The number of pyridine rings is 1. The molecule has 0 bridgehead atoms. The molecule has 0 unspecified atom stereocenters. The van der Waals surface area contributed by atoms with Gasteiger partial charge in [0, 0.05) is 31.9 Å². The number of nitrogens with zero attached hydrogens (tertiary/aromatic N) is 3. The number of β-amino-alcohol motifs (C(OH)–C–C–N with tert-alkyl or cyclic N) is 1. The summed E-state index contributed by atoms with van der Waals surface area (Å²) in [5, 5.41) is 13.1. The topological polar surface area (TPSA) is 70.0 Å². The molecule has 1 saturated heterocycles. The number of aliphatic imine (C=N–C) groups is 1. The molecule has 2 fully saturated rings. The molecule has 1 aromatic rings. The first kappa shape index (κ1) is 22.2. The van der Waals surface area contributed by atoms with E-state index in [-0.39, 0.29) is 30.1 Å². The Bertz CT molecular complexity index is 605. The predicted octanol–water partition coefficient (Wildman–Crippen LogP) is 3.19. The number of aliphatic hydroxyl groups excluding tert-OH is 1. The second-order valence-electron chi connectivity index (χ2n) is 7.56. The SMILES string of the molecule is CCNC(=NCc1ccnc(OC2CCC(C)CC2)c1)N1CC[C@@H](O)C1.I. The molecular weight excluding hydrogens is 455 g/mol. The highest BCUT2D eigenvalue weighted by atomic mass is 127. The van der Waals surface area contributed by atoms with E-state index < -0.39 is 0 Å². The summed E-state index contributed by atoms with van der Waals surface area (Å²) in [5.41, 5.74) is 1.09. The Balaban J connectivity index is 0.00000261. The van der Waals surface area contributed by atoms with Gasteiger partial charge < -0.3 is 20.1 Å². The van der Waals surface area contributed by atoms with Gasteiger partial charge in [0.15, 0.2) is 5.96 Å². The van der Waals surface area contributed by atoms with Crippen molar-refractivity contribution in [2.75, 3.05) is 19.6 Å². The molecule has 2 heterocycles. The lowest BCUT2D eigenvalue weighted by molar-refractivity contribution is 0.130. The molecule has 3 rings (SSSR count). The lowest BCUT2D eigenvalue weighted by Gasteiger charge is -2.26. The van der Waals surface area contributed by atoms with Crippen molar-refractivity contribution >= 4 is 29.9 Å². The number of aliphatic hydroxyl groups is 1. The standard InChI is InChI=1S/C20H32N4O2.HI/c1-3-21-20(24-11-9-17(25)14-24)23-13-16-8-10-22-19(12-16)26-18-6-4-15(2)5-7-18;/h8,10,12,15,17-18,25H,3-7,9,11,13-14H2,1-2H3,(H,21,23);1H/t15?,17-,18?;/m1./s1. The van der Waals surface area contributed by atoms with Gasteiger partial charge in [-0.3, -0.25) is 0 Å². The third-order valence-corrected chi connectivity index (χ3v) is 5.26. The fraction of sp³-hybridized carbons (Fsp3) is 0.700. The van der Waals surface area contributed by atoms with Crippen molar-refractivity contribution in [1.82, 2.24) is 15.2 Å². The Morgan fingerprint density at radius 3 is 2.78 bits per heavy atom. The van der Waals surface area contributed by atoms with Gasteiger partial charge in [-0.2, -0.15) is 0 Å². The van der Waals surface area contributed by atoms with Crippen LogP contribution in [0, 0.1) is 5.92 Å². The molecule has 27 heavy (non-hydrogen) atoms. The zero-order valence-electron chi connectivity index (χ0n) is 16.4. The van der Waals surface area contributed by atoms with E-state index in [4.69, 9.17) is 9.73 Å². The van der Waals surface area contributed by atoms with Crippen molar-refractivity contribution < 1.29 is 9.84 Å². The molecule has 6 nitrogen and oxygen atoms in total. The highest BCUT2D eigenvalue weighted by molar-refractivity contribution is 14.0. The fourth-order valence-corrected chi connectivity index (χ4v) is 3.66. The number of halogens is 1. The van der Waals surface area contributed by atoms with Gasteiger partial charge >= 0.3 is 0 Å². The normalized spacial score (nSPS) is 25.8. The van der Waals surface area contributed by atoms with E-state index in [1.165, 1.54) is 12.8 Å². The van der Waals surface area contributed by atoms with Crippen molar-refractivity contribution in [3.63, 3.8) is 0 Å². The molecule has 1 aliphatic carbocycles. The van der Waals surface area contributed by atoms with Gasteiger partial charge in [-0.15, -0.1) is 24.0 Å². The summed E-state index contributed by atoms with van der Waals surface area (Å²) >= 11 is 0. The van der Waals surface area contributed by atoms with Crippen LogP contribution in [0.3, 0.4) is 0 Å². The quantitative estimate of drug-likeness (QED) is 0.379. The van der Waals surface area contributed by atoms with Gasteiger partial charge in [0.25, 0.3) is 0 Å². The molecule has 0 spiro atoms. The minimum absolute atomic E-state index is 0. The Hall–Kier alpha value is -1.09. The molecular formula is C20H33IN4O2. The van der Waals surface area contributed by atoms with Gasteiger partial charge in [0.1, 0.15) is 6.10 Å². The number of ether oxygens (including phenoxy) is 1. The van der Waals surface area contributed by atoms with Gasteiger partial charge in [-0.05, 0) is 56.6 Å². The molecule has 1 atom stereocenters. The van der Waals surface area contributed by atoms with Gasteiger partial charge in [-0.1, -0.05) is 6.92 Å². The van der Waals surface area contributed by atoms with Crippen molar-refractivity contribution in [2.45, 2.75) is 64.7 Å². The summed E-state index contributed by atoms with van der Waals surface area (Å²) in [7, 11) is 0. The van der Waals surface area contributed by atoms with E-state index in [9.17, 15) is 5.11 Å². The Morgan fingerprint density at radius 2 is 2.11 bits per heavy atom. The van der Waals surface area contributed by atoms with Gasteiger partial charge in [0.05, 0.1) is 12.6 Å². The molecule has 1 aromatic heterocycles. The zero-order valence-corrected chi connectivity index (χ0v) is 18.8. The van der Waals surface area contributed by atoms with E-state index in [0.29, 0.717) is 25.1 Å². The zero-order chi connectivity index (χ0) is 18.4. The molecule has 0 amide bonds. The van der Waals surface area contributed by atoms with E-state index in [1.54, 1.807) is 6.20 Å². The van der Waals surface area contributed by atoms with E-state index in [0.717, 1.165) is 49.8 Å². The molecule has 0 aromatic carbocycles. The molecule has 7 heteroatoms. The van der Waals surface area contributed by atoms with Crippen molar-refractivity contribution in [3.8, 4) is 5.88 Å². The lowest BCUT2D eigenvalue weighted by atomic mass is 9.89. The number of guanidine groups is 1. The van der Waals surface area contributed by atoms with Crippen LogP contribution >= 0.6 is 24.0 Å². The number of hydrogen-bond donors (Lipinski definition) is 2. The molecule has 1 aliphatic heterocycles. The van der Waals surface area contributed by atoms with Crippen LogP contribution < -0.4 is 10.1 Å². The maximum Gasteiger partial charge on any atom is 0.213 e. The average Bonchev–Trinajstić information content (AvgIpc) is 3.07. The van der Waals surface area contributed by atoms with Crippen molar-refractivity contribution in [2.24, 2.45) is 10.9 Å². The Kier molecular flexibility index (Phi) is 9.08. The Morgan fingerprint density at radius 1 is 1.33 bits per heavy atom. The number of hydrogen-bond acceptors (Lipinski definition) is 4. The van der Waals surface area contributed by atoms with Crippen LogP contribution in [0.1, 0.15) is 51.5 Å². The summed E-state index contributed by atoms with van der Waals surface area (Å²) in [6, 6.07) is 3.99. The summed E-state index contributed by atoms with van der Waals surface area (Å²) in [6.45, 7) is 7.26. The fourth-order valence-electron chi connectivity index (χ4n) is 3.66. The monoisotopic (exact) mass is 488 g/mol. The van der Waals surface area contributed by atoms with Gasteiger partial charge in [0.2, 0.25) is 5.88 Å². The minimum atomic E-state index is -0.252. The maximum atomic E-state index is 9.76. The van der Waals surface area contributed by atoms with E-state index in [2.05, 4.69) is 29.0 Å². The second kappa shape index (κ2) is 11.0. The predicted molar refractivity (Wildman–Crippen MR) is 119 cm³/mol. The van der Waals surface area contributed by atoms with Crippen LogP contribution in [-0.2, 0) is 6.54 Å². The second-order valence-corrected chi connectivity index (χ2v) is 7.56. The summed E-state index contributed by atoms with van der Waals surface area (Å²) in [5.74, 6) is 2.39. The van der Waals surface area contributed by atoms with Crippen LogP contribution in [0.2, 0.25) is 0 Å².